The lowest BCUT2D eigenvalue weighted by molar-refractivity contribution is 0.225. The molecule has 0 radical (unpaired) electrons. The van der Waals surface area contributed by atoms with Gasteiger partial charge in [0.2, 0.25) is 0 Å². The van der Waals surface area contributed by atoms with Crippen molar-refractivity contribution >= 4 is 0 Å². The van der Waals surface area contributed by atoms with Gasteiger partial charge in [-0.2, -0.15) is 0 Å². The van der Waals surface area contributed by atoms with Crippen LogP contribution in [0.1, 0.15) is 52.4 Å². The molecule has 0 spiro atoms. The molecule has 0 aromatic heterocycles. The van der Waals surface area contributed by atoms with E-state index < -0.39 is 0 Å². The van der Waals surface area contributed by atoms with Gasteiger partial charge in [-0.15, -0.1) is 0 Å². The van der Waals surface area contributed by atoms with Crippen LogP contribution in [-0.4, -0.2) is 13.1 Å². The number of rotatable bonds is 6. The SMILES string of the molecule is CCCCC1(CNCC)CC2CC2C1. The van der Waals surface area contributed by atoms with E-state index in [0.717, 1.165) is 18.4 Å². The Morgan fingerprint density at radius 3 is 2.50 bits per heavy atom. The van der Waals surface area contributed by atoms with Crippen LogP contribution < -0.4 is 5.32 Å². The summed E-state index contributed by atoms with van der Waals surface area (Å²) in [5, 5.41) is 3.58. The first kappa shape index (κ1) is 10.5. The Labute approximate surface area is 88.7 Å². The average molecular weight is 195 g/mol. The van der Waals surface area contributed by atoms with Gasteiger partial charge in [0.25, 0.3) is 0 Å². The summed E-state index contributed by atoms with van der Waals surface area (Å²) in [6.45, 7) is 6.97. The van der Waals surface area contributed by atoms with Gasteiger partial charge >= 0.3 is 0 Å². The molecule has 2 aliphatic carbocycles. The van der Waals surface area contributed by atoms with Gasteiger partial charge in [0, 0.05) is 6.54 Å². The number of fused-ring (bicyclic) bond motifs is 1. The standard InChI is InChI=1S/C13H25N/c1-3-5-6-13(10-14-4-2)8-11-7-12(11)9-13/h11-12,14H,3-10H2,1-2H3. The summed E-state index contributed by atoms with van der Waals surface area (Å²) in [5.74, 6) is 2.26. The van der Waals surface area contributed by atoms with Gasteiger partial charge in [-0.05, 0) is 49.5 Å². The van der Waals surface area contributed by atoms with Crippen molar-refractivity contribution in [2.24, 2.45) is 17.3 Å². The van der Waals surface area contributed by atoms with Crippen LogP contribution >= 0.6 is 0 Å². The molecule has 2 rings (SSSR count). The highest BCUT2D eigenvalue weighted by atomic mass is 14.9. The van der Waals surface area contributed by atoms with Crippen molar-refractivity contribution in [1.82, 2.24) is 5.32 Å². The van der Waals surface area contributed by atoms with Crippen molar-refractivity contribution in [3.05, 3.63) is 0 Å². The Kier molecular flexibility index (Phi) is 3.16. The van der Waals surface area contributed by atoms with Crippen LogP contribution in [0.2, 0.25) is 0 Å². The van der Waals surface area contributed by atoms with Crippen molar-refractivity contribution in [2.45, 2.75) is 52.4 Å². The van der Waals surface area contributed by atoms with E-state index in [-0.39, 0.29) is 0 Å². The monoisotopic (exact) mass is 195 g/mol. The predicted octanol–water partition coefficient (Wildman–Crippen LogP) is 3.20. The van der Waals surface area contributed by atoms with E-state index >= 15 is 0 Å². The highest BCUT2D eigenvalue weighted by Crippen LogP contribution is 2.61. The fourth-order valence-corrected chi connectivity index (χ4v) is 3.38. The lowest BCUT2D eigenvalue weighted by Crippen LogP contribution is -2.33. The normalized spacial score (nSPS) is 39.9. The Morgan fingerprint density at radius 1 is 1.21 bits per heavy atom. The van der Waals surface area contributed by atoms with E-state index in [1.54, 1.807) is 6.42 Å². The van der Waals surface area contributed by atoms with Crippen molar-refractivity contribution in [2.75, 3.05) is 13.1 Å². The summed E-state index contributed by atoms with van der Waals surface area (Å²) < 4.78 is 0. The van der Waals surface area contributed by atoms with E-state index in [0.29, 0.717) is 5.41 Å². The van der Waals surface area contributed by atoms with E-state index in [2.05, 4.69) is 19.2 Å². The van der Waals surface area contributed by atoms with Crippen molar-refractivity contribution < 1.29 is 0 Å². The fraction of sp³-hybridized carbons (Fsp3) is 1.00. The molecule has 2 unspecified atom stereocenters. The van der Waals surface area contributed by atoms with E-state index in [1.807, 2.05) is 0 Å². The van der Waals surface area contributed by atoms with E-state index in [9.17, 15) is 0 Å². The minimum atomic E-state index is 0.708. The van der Waals surface area contributed by atoms with Crippen molar-refractivity contribution in [1.29, 1.82) is 0 Å². The lowest BCUT2D eigenvalue weighted by Gasteiger charge is -2.31. The summed E-state index contributed by atoms with van der Waals surface area (Å²) in [7, 11) is 0. The van der Waals surface area contributed by atoms with Crippen molar-refractivity contribution in [3.8, 4) is 0 Å². The summed E-state index contributed by atoms with van der Waals surface area (Å²) in [6.07, 6.45) is 8.90. The third-order valence-electron chi connectivity index (χ3n) is 4.27. The van der Waals surface area contributed by atoms with Gasteiger partial charge in [-0.1, -0.05) is 26.7 Å². The maximum Gasteiger partial charge on any atom is 0.000790 e. The highest BCUT2D eigenvalue weighted by molar-refractivity contribution is 5.03. The smallest absolute Gasteiger partial charge is 0.000790 e. The second kappa shape index (κ2) is 4.22. The van der Waals surface area contributed by atoms with Gasteiger partial charge in [-0.25, -0.2) is 0 Å². The number of unbranched alkanes of at least 4 members (excludes halogenated alkanes) is 1. The Bertz CT molecular complexity index is 168. The maximum absolute atomic E-state index is 3.58. The Balaban J connectivity index is 1.84. The molecule has 1 N–H and O–H groups in total. The molecule has 2 saturated carbocycles. The van der Waals surface area contributed by atoms with Crippen LogP contribution in [0, 0.1) is 17.3 Å². The molecule has 2 fully saturated rings. The number of hydrogen-bond donors (Lipinski definition) is 1. The number of nitrogens with one attached hydrogen (secondary N) is 1. The summed E-state index contributed by atoms with van der Waals surface area (Å²) in [4.78, 5) is 0. The molecular weight excluding hydrogens is 170 g/mol. The first-order chi connectivity index (χ1) is 6.79. The zero-order valence-corrected chi connectivity index (χ0v) is 9.81. The molecule has 0 aromatic rings. The van der Waals surface area contributed by atoms with Crippen LogP contribution in [0.25, 0.3) is 0 Å². The molecule has 1 nitrogen and oxygen atoms in total. The first-order valence-electron chi connectivity index (χ1n) is 6.50. The summed E-state index contributed by atoms with van der Waals surface area (Å²) >= 11 is 0. The second-order valence-electron chi connectivity index (χ2n) is 5.55. The molecule has 0 aliphatic heterocycles. The van der Waals surface area contributed by atoms with Crippen LogP contribution in [0.15, 0.2) is 0 Å². The maximum atomic E-state index is 3.58. The molecule has 0 bridgehead atoms. The fourth-order valence-electron chi connectivity index (χ4n) is 3.38. The molecule has 0 saturated heterocycles. The summed E-state index contributed by atoms with van der Waals surface area (Å²) in [6, 6.07) is 0. The second-order valence-corrected chi connectivity index (χ2v) is 5.55. The molecule has 0 heterocycles. The van der Waals surface area contributed by atoms with Crippen LogP contribution in [-0.2, 0) is 0 Å². The minimum Gasteiger partial charge on any atom is -0.316 e. The van der Waals surface area contributed by atoms with Gasteiger partial charge < -0.3 is 5.32 Å². The molecular formula is C13H25N. The Hall–Kier alpha value is -0.0400. The molecule has 1 heteroatoms. The highest BCUT2D eigenvalue weighted by Gasteiger charge is 2.52. The molecule has 14 heavy (non-hydrogen) atoms. The topological polar surface area (TPSA) is 12.0 Å². The van der Waals surface area contributed by atoms with Crippen molar-refractivity contribution in [3.63, 3.8) is 0 Å². The van der Waals surface area contributed by atoms with E-state index in [1.165, 1.54) is 38.6 Å². The zero-order valence-electron chi connectivity index (χ0n) is 9.81. The number of hydrogen-bond acceptors (Lipinski definition) is 1. The van der Waals surface area contributed by atoms with Gasteiger partial charge in [0.1, 0.15) is 0 Å². The van der Waals surface area contributed by atoms with Crippen LogP contribution in [0.4, 0.5) is 0 Å². The lowest BCUT2D eigenvalue weighted by atomic mass is 9.78. The average Bonchev–Trinajstić information content (AvgIpc) is 2.82. The van der Waals surface area contributed by atoms with Crippen LogP contribution in [0.3, 0.4) is 0 Å². The van der Waals surface area contributed by atoms with E-state index in [4.69, 9.17) is 0 Å². The molecule has 2 aliphatic rings. The summed E-state index contributed by atoms with van der Waals surface area (Å²) in [5.41, 5.74) is 0.708. The zero-order chi connectivity index (χ0) is 10.0. The van der Waals surface area contributed by atoms with Gasteiger partial charge in [0.15, 0.2) is 0 Å². The van der Waals surface area contributed by atoms with Crippen LogP contribution in [0.5, 0.6) is 0 Å². The molecule has 0 amide bonds. The quantitative estimate of drug-likeness (QED) is 0.686. The first-order valence-corrected chi connectivity index (χ1v) is 6.50. The predicted molar refractivity (Wildman–Crippen MR) is 61.3 cm³/mol. The Morgan fingerprint density at radius 2 is 1.93 bits per heavy atom. The van der Waals surface area contributed by atoms with Gasteiger partial charge in [0.05, 0.1) is 0 Å². The molecule has 2 atom stereocenters. The minimum absolute atomic E-state index is 0.708. The third-order valence-corrected chi connectivity index (χ3v) is 4.27. The van der Waals surface area contributed by atoms with Gasteiger partial charge in [-0.3, -0.25) is 0 Å². The largest absolute Gasteiger partial charge is 0.316 e. The molecule has 82 valence electrons. The molecule has 0 aromatic carbocycles. The third kappa shape index (κ3) is 2.13.